The van der Waals surface area contributed by atoms with Gasteiger partial charge in [-0.1, -0.05) is 27.7 Å². The van der Waals surface area contributed by atoms with Crippen molar-refractivity contribution in [3.05, 3.63) is 30.1 Å². The fourth-order valence-corrected chi connectivity index (χ4v) is 4.62. The number of hydrogen-bond donors (Lipinski definition) is 0. The van der Waals surface area contributed by atoms with E-state index in [0.717, 1.165) is 18.4 Å². The second-order valence-electron chi connectivity index (χ2n) is 7.67. The van der Waals surface area contributed by atoms with Crippen LogP contribution in [0.1, 0.15) is 58.4 Å². The predicted molar refractivity (Wildman–Crippen MR) is 86.3 cm³/mol. The Morgan fingerprint density at radius 3 is 2.59 bits per heavy atom. The number of rotatable bonds is 4. The molecule has 3 aliphatic rings. The highest BCUT2D eigenvalue weighted by Crippen LogP contribution is 2.61. The fourth-order valence-electron chi connectivity index (χ4n) is 4.62. The van der Waals surface area contributed by atoms with E-state index in [1.165, 1.54) is 6.42 Å². The van der Waals surface area contributed by atoms with Gasteiger partial charge in [0, 0.05) is 12.4 Å². The zero-order chi connectivity index (χ0) is 15.9. The lowest BCUT2D eigenvalue weighted by Gasteiger charge is -2.61. The molecule has 0 radical (unpaired) electrons. The van der Waals surface area contributed by atoms with E-state index < -0.39 is 0 Å². The van der Waals surface area contributed by atoms with Crippen molar-refractivity contribution in [3.63, 3.8) is 0 Å². The summed E-state index contributed by atoms with van der Waals surface area (Å²) in [6.07, 6.45) is 6.69. The number of hydrogen-bond acceptors (Lipinski definition) is 3. The Balaban J connectivity index is 1.67. The van der Waals surface area contributed by atoms with Gasteiger partial charge in [0.15, 0.2) is 0 Å². The van der Waals surface area contributed by atoms with Crippen molar-refractivity contribution in [2.45, 2.75) is 59.0 Å². The molecule has 22 heavy (non-hydrogen) atoms. The Morgan fingerprint density at radius 1 is 1.36 bits per heavy atom. The molecule has 0 saturated heterocycles. The van der Waals surface area contributed by atoms with Gasteiger partial charge in [0.25, 0.3) is 0 Å². The van der Waals surface area contributed by atoms with Gasteiger partial charge in [-0.25, -0.2) is 0 Å². The topological polar surface area (TPSA) is 39.2 Å². The third-order valence-electron chi connectivity index (χ3n) is 6.35. The number of ether oxygens (including phenoxy) is 1. The summed E-state index contributed by atoms with van der Waals surface area (Å²) >= 11 is 0. The molecule has 3 nitrogen and oxygen atoms in total. The average molecular weight is 301 g/mol. The first-order chi connectivity index (χ1) is 10.4. The lowest BCUT2D eigenvalue weighted by molar-refractivity contribution is -0.187. The van der Waals surface area contributed by atoms with Gasteiger partial charge in [0.1, 0.15) is 6.10 Å². The number of fused-ring (bicyclic) bond motifs is 2. The van der Waals surface area contributed by atoms with Crippen LogP contribution in [0.5, 0.6) is 0 Å². The zero-order valence-corrected chi connectivity index (χ0v) is 14.1. The lowest BCUT2D eigenvalue weighted by Crippen LogP contribution is -2.57. The predicted octanol–water partition coefficient (Wildman–Crippen LogP) is 4.19. The average Bonchev–Trinajstić information content (AvgIpc) is 2.50. The van der Waals surface area contributed by atoms with Crippen LogP contribution in [-0.4, -0.2) is 17.1 Å². The smallest absolute Gasteiger partial charge is 0.313 e. The maximum Gasteiger partial charge on any atom is 0.313 e. The molecule has 0 aromatic carbocycles. The molecule has 4 rings (SSSR count). The van der Waals surface area contributed by atoms with E-state index >= 15 is 0 Å². The Hall–Kier alpha value is -1.38. The second-order valence-corrected chi connectivity index (χ2v) is 7.67. The summed E-state index contributed by atoms with van der Waals surface area (Å²) in [7, 11) is 0. The minimum absolute atomic E-state index is 0.0651. The number of esters is 1. The van der Waals surface area contributed by atoms with Crippen molar-refractivity contribution < 1.29 is 9.53 Å². The maximum absolute atomic E-state index is 12.6. The summed E-state index contributed by atoms with van der Waals surface area (Å²) in [5.41, 5.74) is 1.44. The number of nitrogens with zero attached hydrogens (tertiary/aromatic N) is 1. The minimum atomic E-state index is -0.165. The monoisotopic (exact) mass is 301 g/mol. The van der Waals surface area contributed by atoms with Crippen molar-refractivity contribution in [2.24, 2.45) is 23.2 Å². The van der Waals surface area contributed by atoms with E-state index in [0.29, 0.717) is 23.2 Å². The van der Waals surface area contributed by atoms with Crippen molar-refractivity contribution in [2.75, 3.05) is 0 Å². The first-order valence-corrected chi connectivity index (χ1v) is 8.55. The molecule has 3 aliphatic carbocycles. The lowest BCUT2D eigenvalue weighted by atomic mass is 9.45. The SMILES string of the molecule is CC[C@H](C(=O)O[C@H]1C[C@H]2C[C@@H]([C@H]1C)C2(C)C)c1ccncc1. The molecule has 0 amide bonds. The summed E-state index contributed by atoms with van der Waals surface area (Å²) < 4.78 is 5.95. The first-order valence-electron chi connectivity index (χ1n) is 8.55. The third kappa shape index (κ3) is 2.45. The maximum atomic E-state index is 12.6. The Bertz CT molecular complexity index is 540. The summed E-state index contributed by atoms with van der Waals surface area (Å²) in [6.45, 7) is 9.03. The zero-order valence-electron chi connectivity index (χ0n) is 14.1. The summed E-state index contributed by atoms with van der Waals surface area (Å²) in [5.74, 6) is 1.66. The van der Waals surface area contributed by atoms with Gasteiger partial charge in [-0.2, -0.15) is 0 Å². The van der Waals surface area contributed by atoms with E-state index in [9.17, 15) is 4.79 Å². The van der Waals surface area contributed by atoms with Crippen LogP contribution in [0.2, 0.25) is 0 Å². The number of aromatic nitrogens is 1. The van der Waals surface area contributed by atoms with Crippen LogP contribution in [0.4, 0.5) is 0 Å². The Morgan fingerprint density at radius 2 is 2.05 bits per heavy atom. The van der Waals surface area contributed by atoms with Crippen molar-refractivity contribution in [1.82, 2.24) is 4.98 Å². The van der Waals surface area contributed by atoms with Gasteiger partial charge in [0.2, 0.25) is 0 Å². The quantitative estimate of drug-likeness (QED) is 0.783. The molecule has 1 aromatic rings. The summed E-state index contributed by atoms with van der Waals surface area (Å²) in [5, 5.41) is 0. The molecule has 1 aromatic heterocycles. The highest BCUT2D eigenvalue weighted by atomic mass is 16.5. The molecule has 5 atom stereocenters. The minimum Gasteiger partial charge on any atom is -0.462 e. The van der Waals surface area contributed by atoms with E-state index in [1.807, 2.05) is 19.1 Å². The molecule has 3 fully saturated rings. The molecular weight excluding hydrogens is 274 g/mol. The van der Waals surface area contributed by atoms with Crippen molar-refractivity contribution in [1.29, 1.82) is 0 Å². The van der Waals surface area contributed by atoms with Gasteiger partial charge >= 0.3 is 5.97 Å². The molecule has 120 valence electrons. The van der Waals surface area contributed by atoms with E-state index in [4.69, 9.17) is 4.74 Å². The number of carbonyl (C=O) groups is 1. The van der Waals surface area contributed by atoms with Crippen LogP contribution in [0.15, 0.2) is 24.5 Å². The van der Waals surface area contributed by atoms with E-state index in [-0.39, 0.29) is 18.0 Å². The van der Waals surface area contributed by atoms with Gasteiger partial charge < -0.3 is 4.74 Å². The Labute approximate surface area is 133 Å². The van der Waals surface area contributed by atoms with Gasteiger partial charge in [-0.15, -0.1) is 0 Å². The Kier molecular flexibility index (Phi) is 4.00. The largest absolute Gasteiger partial charge is 0.462 e. The molecule has 3 saturated carbocycles. The van der Waals surface area contributed by atoms with E-state index in [2.05, 4.69) is 25.8 Å². The second kappa shape index (κ2) is 5.68. The molecule has 0 N–H and O–H groups in total. The molecule has 2 bridgehead atoms. The molecule has 0 aliphatic heterocycles. The normalized spacial score (nSPS) is 33.6. The number of carbonyl (C=O) groups excluding carboxylic acids is 1. The van der Waals surface area contributed by atoms with Crippen molar-refractivity contribution >= 4 is 5.97 Å². The van der Waals surface area contributed by atoms with Crippen LogP contribution in [-0.2, 0) is 9.53 Å². The highest BCUT2D eigenvalue weighted by Gasteiger charge is 2.57. The first kappa shape index (κ1) is 15.5. The standard InChI is InChI=1S/C19H27NO2/c1-5-15(13-6-8-20-9-7-13)18(21)22-17-11-14-10-16(12(17)2)19(14,3)4/h6-9,12,14-17H,5,10-11H2,1-4H3/t12-,14-,15+,16+,17+/m1/s1. The highest BCUT2D eigenvalue weighted by molar-refractivity contribution is 5.78. The van der Waals surface area contributed by atoms with Crippen LogP contribution in [0.3, 0.4) is 0 Å². The summed E-state index contributed by atoms with van der Waals surface area (Å²) in [6, 6.07) is 3.83. The van der Waals surface area contributed by atoms with Gasteiger partial charge in [0.05, 0.1) is 5.92 Å². The molecule has 0 spiro atoms. The van der Waals surface area contributed by atoms with Crippen LogP contribution >= 0.6 is 0 Å². The van der Waals surface area contributed by atoms with Crippen LogP contribution in [0.25, 0.3) is 0 Å². The fraction of sp³-hybridized carbons (Fsp3) is 0.684. The van der Waals surface area contributed by atoms with Gasteiger partial charge in [-0.3, -0.25) is 9.78 Å². The number of pyridine rings is 1. The van der Waals surface area contributed by atoms with Crippen LogP contribution < -0.4 is 0 Å². The molecular formula is C19H27NO2. The third-order valence-corrected chi connectivity index (χ3v) is 6.35. The van der Waals surface area contributed by atoms with Crippen molar-refractivity contribution in [3.8, 4) is 0 Å². The molecule has 3 heteroatoms. The van der Waals surface area contributed by atoms with Crippen LogP contribution in [0, 0.1) is 23.2 Å². The van der Waals surface area contributed by atoms with Gasteiger partial charge in [-0.05, 0) is 60.1 Å². The van der Waals surface area contributed by atoms with E-state index in [1.54, 1.807) is 12.4 Å². The molecule has 1 heterocycles. The summed E-state index contributed by atoms with van der Waals surface area (Å²) in [4.78, 5) is 16.7. The molecule has 0 unspecified atom stereocenters.